The van der Waals surface area contributed by atoms with Crippen LogP contribution in [0.5, 0.6) is 0 Å². The second kappa shape index (κ2) is 38.5. The number of aliphatic hydroxyl groups is 2. The van der Waals surface area contributed by atoms with Crippen molar-refractivity contribution in [1.29, 1.82) is 0 Å². The number of benzene rings is 1. The third-order valence-corrected chi connectivity index (χ3v) is 15.4. The molecule has 1 aromatic rings. The monoisotopic (exact) mass is 1210 g/mol. The Morgan fingerprint density at radius 3 is 1.75 bits per heavy atom. The Balaban J connectivity index is 2.57. The topological polar surface area (TPSA) is 482 Å². The van der Waals surface area contributed by atoms with E-state index in [2.05, 4.69) is 64.8 Å². The predicted molar refractivity (Wildman–Crippen MR) is 312 cm³/mol. The zero-order valence-electron chi connectivity index (χ0n) is 49.2. The van der Waals surface area contributed by atoms with Crippen LogP contribution in [0, 0.1) is 5.92 Å². The maximum Gasteiger partial charge on any atom is 0.272 e. The summed E-state index contributed by atoms with van der Waals surface area (Å²) in [5, 5.41) is 46.5. The number of nitrogens with one attached hydrogen (secondary N) is 11. The smallest absolute Gasteiger partial charge is 0.272 e. The Hall–Kier alpha value is -6.41. The number of rotatable bonds is 30. The van der Waals surface area contributed by atoms with Gasteiger partial charge in [0.2, 0.25) is 68.9 Å². The van der Waals surface area contributed by atoms with Crippen molar-refractivity contribution >= 4 is 69.1 Å². The van der Waals surface area contributed by atoms with Crippen molar-refractivity contribution in [2.45, 2.75) is 191 Å². The average molecular weight is 1210 g/mol. The van der Waals surface area contributed by atoms with Crippen LogP contribution in [0.3, 0.4) is 0 Å². The Morgan fingerprint density at radius 1 is 0.679 bits per heavy atom. The molecular formula is C54H95N15O14S. The van der Waals surface area contributed by atoms with Gasteiger partial charge in [0.25, 0.3) is 5.91 Å². The van der Waals surface area contributed by atoms with E-state index < -0.39 is 155 Å². The number of unbranched alkanes of at least 4 members (excludes halogenated alkanes) is 7. The molecule has 1 heterocycles. The highest BCUT2D eigenvalue weighted by molar-refractivity contribution is 7.89. The molecule has 0 spiro atoms. The molecule has 84 heavy (non-hydrogen) atoms. The van der Waals surface area contributed by atoms with E-state index in [4.69, 9.17) is 22.9 Å². The SMILES string of the molecule is CCCCCCCCCCS(=O)(=O)NCC(=O)N[C@H](C(=O)N[C@@H](CCN)C(=O)N[C@H]1CCNC(=O)[C@](C)(O)NC(=O)[C@H](CCN)NC(=O)[C@H](CCN)NC(=O)[C@H]([C@@H](C)CC)NC(=O)[C@@H](Cc2ccccc2)NC(=O)[C@H](CCN)NC1=O)[C@@H](C)O. The fourth-order valence-corrected chi connectivity index (χ4v) is 9.91. The van der Waals surface area contributed by atoms with E-state index in [1.54, 1.807) is 44.2 Å². The molecule has 1 aromatic carbocycles. The van der Waals surface area contributed by atoms with Gasteiger partial charge in [0, 0.05) is 13.0 Å². The van der Waals surface area contributed by atoms with Gasteiger partial charge in [-0.3, -0.25) is 47.9 Å². The number of hydrogen-bond donors (Lipinski definition) is 17. The zero-order valence-corrected chi connectivity index (χ0v) is 50.0. The number of carbonyl (C=O) groups is 10. The van der Waals surface area contributed by atoms with Crippen molar-refractivity contribution in [2.75, 3.05) is 45.0 Å². The molecule has 30 heteroatoms. The van der Waals surface area contributed by atoms with Gasteiger partial charge in [-0.15, -0.1) is 0 Å². The standard InChI is InChI=1S/C54H95N15O14S/c1-6-8-9-10-11-12-13-17-30-84(82,83)60-32-42(71)67-44(34(4)70)52(79)65-38(22-27-57)46(73)63-40-24-29-59-53(80)54(5,81)69-50(77)39(23-28-58)62-45(72)37(21-26-56)64-51(78)43(33(3)7-2)68-49(76)41(31-35-18-15-14-16-19-35)66-47(74)36(20-25-55)61-48(40)75/h14-16,18-19,33-34,36-41,43-44,60,70,81H,6-13,17,20-32,55-58H2,1-5H3,(H,59,80)(H,61,75)(H,62,72)(H,63,73)(H,64,78)(H,65,79)(H,66,74)(H,67,71)(H,68,76)(H,69,77)/t33-,34+,36-,37-,38-,39-,40-,41+,43-,44-,54-/m0/s1. The van der Waals surface area contributed by atoms with Gasteiger partial charge in [-0.2, -0.15) is 0 Å². The number of amides is 10. The van der Waals surface area contributed by atoms with Crippen LogP contribution in [0.1, 0.15) is 130 Å². The normalized spacial score (nSPS) is 23.3. The molecule has 1 fully saturated rings. The largest absolute Gasteiger partial charge is 0.391 e. The summed E-state index contributed by atoms with van der Waals surface area (Å²) in [5.41, 5.74) is 21.3. The maximum absolute atomic E-state index is 14.4. The van der Waals surface area contributed by atoms with Crippen LogP contribution in [0.25, 0.3) is 0 Å². The highest BCUT2D eigenvalue weighted by atomic mass is 32.2. The van der Waals surface area contributed by atoms with Crippen LogP contribution < -0.4 is 80.8 Å². The molecule has 0 unspecified atom stereocenters. The lowest BCUT2D eigenvalue weighted by atomic mass is 9.96. The lowest BCUT2D eigenvalue weighted by molar-refractivity contribution is -0.148. The quantitative estimate of drug-likeness (QED) is 0.0322. The van der Waals surface area contributed by atoms with Gasteiger partial charge in [-0.05, 0) is 90.0 Å². The van der Waals surface area contributed by atoms with E-state index in [9.17, 15) is 66.6 Å². The highest BCUT2D eigenvalue weighted by Crippen LogP contribution is 2.14. The number of nitrogens with two attached hydrogens (primary N) is 4. The Kier molecular flexibility index (Phi) is 33.8. The van der Waals surface area contributed by atoms with Crippen LogP contribution in [0.4, 0.5) is 0 Å². The Morgan fingerprint density at radius 2 is 1.20 bits per heavy atom. The first kappa shape index (κ1) is 73.7. The van der Waals surface area contributed by atoms with Crippen LogP contribution in [-0.2, 0) is 64.4 Å². The van der Waals surface area contributed by atoms with Gasteiger partial charge in [-0.25, -0.2) is 13.1 Å². The zero-order chi connectivity index (χ0) is 63.0. The number of sulfonamides is 1. The first-order chi connectivity index (χ1) is 39.8. The van der Waals surface area contributed by atoms with Gasteiger partial charge in [-0.1, -0.05) is 102 Å². The van der Waals surface area contributed by atoms with Crippen molar-refractivity contribution in [1.82, 2.24) is 57.9 Å². The summed E-state index contributed by atoms with van der Waals surface area (Å²) >= 11 is 0. The lowest BCUT2D eigenvalue weighted by Crippen LogP contribution is -2.63. The summed E-state index contributed by atoms with van der Waals surface area (Å²) in [6.07, 6.45) is 4.50. The number of carbonyl (C=O) groups excluding carboxylic acids is 10. The Bertz CT molecular complexity index is 2400. The van der Waals surface area contributed by atoms with Crippen molar-refractivity contribution in [3.8, 4) is 0 Å². The lowest BCUT2D eigenvalue weighted by Gasteiger charge is -2.30. The third kappa shape index (κ3) is 26.7. The van der Waals surface area contributed by atoms with Gasteiger partial charge in [0.1, 0.15) is 48.3 Å². The first-order valence-corrected chi connectivity index (χ1v) is 30.7. The predicted octanol–water partition coefficient (Wildman–Crippen LogP) is -4.67. The van der Waals surface area contributed by atoms with E-state index in [1.807, 2.05) is 0 Å². The minimum absolute atomic E-state index is 0.121. The van der Waals surface area contributed by atoms with E-state index in [1.165, 1.54) is 0 Å². The average Bonchev–Trinajstić information content (AvgIpc) is 3.50. The molecule has 0 aromatic heterocycles. The Labute approximate surface area is 492 Å². The molecule has 1 aliphatic rings. The molecule has 1 saturated heterocycles. The summed E-state index contributed by atoms with van der Waals surface area (Å²) in [7, 11) is -3.89. The van der Waals surface area contributed by atoms with Gasteiger partial charge < -0.3 is 86.3 Å². The summed E-state index contributed by atoms with van der Waals surface area (Å²) in [6, 6.07) is -3.64. The molecule has 0 radical (unpaired) electrons. The van der Waals surface area contributed by atoms with Gasteiger partial charge >= 0.3 is 0 Å². The van der Waals surface area contributed by atoms with E-state index in [0.29, 0.717) is 24.8 Å². The number of hydrogen-bond acceptors (Lipinski definition) is 18. The minimum Gasteiger partial charge on any atom is -0.391 e. The molecule has 0 aliphatic carbocycles. The summed E-state index contributed by atoms with van der Waals surface area (Å²) in [5.74, 6) is -10.8. The van der Waals surface area contributed by atoms with Crippen LogP contribution in [0.15, 0.2) is 30.3 Å². The van der Waals surface area contributed by atoms with Crippen molar-refractivity contribution in [2.24, 2.45) is 28.9 Å². The van der Waals surface area contributed by atoms with E-state index >= 15 is 0 Å². The summed E-state index contributed by atoms with van der Waals surface area (Å²) in [6.45, 7) is 5.54. The van der Waals surface area contributed by atoms with Crippen LogP contribution in [0.2, 0.25) is 0 Å². The molecule has 2 rings (SSSR count). The molecule has 0 saturated carbocycles. The molecule has 1 aliphatic heterocycles. The summed E-state index contributed by atoms with van der Waals surface area (Å²) < 4.78 is 27.5. The molecule has 476 valence electrons. The number of aliphatic hydroxyl groups excluding tert-OH is 1. The van der Waals surface area contributed by atoms with E-state index in [0.717, 1.165) is 52.4 Å². The minimum atomic E-state index is -3.89. The summed E-state index contributed by atoms with van der Waals surface area (Å²) in [4.78, 5) is 139. The third-order valence-electron chi connectivity index (χ3n) is 14.0. The van der Waals surface area contributed by atoms with Crippen LogP contribution in [-0.4, -0.2) is 183 Å². The van der Waals surface area contributed by atoms with Gasteiger partial charge in [0.15, 0.2) is 0 Å². The second-order valence-electron chi connectivity index (χ2n) is 21.2. The molecule has 11 atom stereocenters. The molecule has 21 N–H and O–H groups in total. The molecule has 10 amide bonds. The van der Waals surface area contributed by atoms with Crippen LogP contribution >= 0.6 is 0 Å². The van der Waals surface area contributed by atoms with E-state index in [-0.39, 0.29) is 64.0 Å². The van der Waals surface area contributed by atoms with Crippen molar-refractivity contribution < 1.29 is 66.6 Å². The highest BCUT2D eigenvalue weighted by Gasteiger charge is 2.39. The molecular weight excluding hydrogens is 1110 g/mol. The van der Waals surface area contributed by atoms with Crippen molar-refractivity contribution in [3.63, 3.8) is 0 Å². The first-order valence-electron chi connectivity index (χ1n) is 29.0. The maximum atomic E-state index is 14.4. The molecule has 29 nitrogen and oxygen atoms in total. The fraction of sp³-hybridized carbons (Fsp3) is 0.704. The second-order valence-corrected chi connectivity index (χ2v) is 23.2. The van der Waals surface area contributed by atoms with Gasteiger partial charge in [0.05, 0.1) is 18.4 Å². The molecule has 0 bridgehead atoms. The fourth-order valence-electron chi connectivity index (χ4n) is 8.83. The van der Waals surface area contributed by atoms with Crippen molar-refractivity contribution in [3.05, 3.63) is 35.9 Å².